The maximum absolute atomic E-state index is 12.0. The maximum Gasteiger partial charge on any atom is 0.325 e. The monoisotopic (exact) mass is 397 g/mol. The highest BCUT2D eigenvalue weighted by molar-refractivity contribution is 6.32. The van der Waals surface area contributed by atoms with Gasteiger partial charge in [0.1, 0.15) is 11.6 Å². The Morgan fingerprint density at radius 2 is 2.04 bits per heavy atom. The molecule has 0 unspecified atom stereocenters. The van der Waals surface area contributed by atoms with Gasteiger partial charge in [0.2, 0.25) is 0 Å². The largest absolute Gasteiger partial charge is 0.454 e. The van der Waals surface area contributed by atoms with E-state index in [1.54, 1.807) is 13.8 Å². The molecule has 0 bridgehead atoms. The summed E-state index contributed by atoms with van der Waals surface area (Å²) in [6, 6.07) is 3.51. The molecule has 1 aromatic rings. The van der Waals surface area contributed by atoms with E-state index in [0.717, 1.165) is 11.6 Å². The van der Waals surface area contributed by atoms with Crippen LogP contribution in [0.1, 0.15) is 24.2 Å². The molecular formula is C17H20ClN3O6. The molecule has 0 fully saturated rings. The zero-order valence-electron chi connectivity index (χ0n) is 15.0. The minimum absolute atomic E-state index is 0.0337. The van der Waals surface area contributed by atoms with Gasteiger partial charge in [0.05, 0.1) is 4.92 Å². The Labute approximate surface area is 161 Å². The topological polar surface area (TPSA) is 119 Å². The third-order valence-electron chi connectivity index (χ3n) is 3.35. The van der Waals surface area contributed by atoms with Gasteiger partial charge in [-0.15, -0.1) is 0 Å². The zero-order chi connectivity index (χ0) is 20.6. The van der Waals surface area contributed by atoms with Crippen molar-refractivity contribution < 1.29 is 24.0 Å². The number of likely N-dealkylation sites (N-methyl/N-ethyl adjacent to an activating group) is 1. The predicted molar refractivity (Wildman–Crippen MR) is 98.5 cm³/mol. The number of nitrogens with zero attached hydrogens (tertiary/aromatic N) is 2. The van der Waals surface area contributed by atoms with Crippen LogP contribution in [0.4, 0.5) is 5.69 Å². The highest BCUT2D eigenvalue weighted by Crippen LogP contribution is 2.24. The molecule has 1 N–H and O–H groups in total. The van der Waals surface area contributed by atoms with Gasteiger partial charge in [-0.05, 0) is 26.0 Å². The molecule has 0 saturated heterocycles. The summed E-state index contributed by atoms with van der Waals surface area (Å²) in [5.41, 5.74) is 0.337. The van der Waals surface area contributed by atoms with Crippen LogP contribution in [0.25, 0.3) is 0 Å². The number of ether oxygens (including phenoxy) is 1. The van der Waals surface area contributed by atoms with Crippen molar-refractivity contribution in [2.45, 2.75) is 13.8 Å². The summed E-state index contributed by atoms with van der Waals surface area (Å²) in [6.07, 6.45) is 0. The van der Waals surface area contributed by atoms with Crippen molar-refractivity contribution in [2.24, 2.45) is 0 Å². The predicted octanol–water partition coefficient (Wildman–Crippen LogP) is 1.95. The van der Waals surface area contributed by atoms with Crippen LogP contribution in [0.3, 0.4) is 0 Å². The van der Waals surface area contributed by atoms with Crippen LogP contribution in [-0.4, -0.2) is 53.8 Å². The minimum atomic E-state index is -0.813. The van der Waals surface area contributed by atoms with Crippen molar-refractivity contribution in [3.8, 4) is 0 Å². The molecule has 0 spiro atoms. The lowest BCUT2D eigenvalue weighted by molar-refractivity contribution is -0.384. The Bertz CT molecular complexity index is 765. The summed E-state index contributed by atoms with van der Waals surface area (Å²) in [6.45, 7) is 7.14. The second-order valence-electron chi connectivity index (χ2n) is 5.63. The molecule has 0 heterocycles. The summed E-state index contributed by atoms with van der Waals surface area (Å²) >= 11 is 5.67. The molecule has 9 nitrogen and oxygen atoms in total. The number of carbonyl (C=O) groups is 3. The van der Waals surface area contributed by atoms with Crippen LogP contribution in [0.15, 0.2) is 30.4 Å². The van der Waals surface area contributed by atoms with Crippen LogP contribution < -0.4 is 5.32 Å². The van der Waals surface area contributed by atoms with Crippen molar-refractivity contribution in [2.75, 3.05) is 26.2 Å². The van der Waals surface area contributed by atoms with E-state index < -0.39 is 35.6 Å². The quantitative estimate of drug-likeness (QED) is 0.294. The van der Waals surface area contributed by atoms with E-state index >= 15 is 0 Å². The van der Waals surface area contributed by atoms with Gasteiger partial charge >= 0.3 is 5.97 Å². The Morgan fingerprint density at radius 3 is 2.59 bits per heavy atom. The minimum Gasteiger partial charge on any atom is -0.454 e. The molecule has 0 saturated carbocycles. The SMILES string of the molecule is C=C(C)CN(CC)C(=O)COC(=O)CNC(=O)c1ccc(Cl)c([N+](=O)[O-])c1. The second kappa shape index (κ2) is 10.3. The number of benzene rings is 1. The van der Waals surface area contributed by atoms with Gasteiger partial charge in [0, 0.05) is 24.7 Å². The maximum atomic E-state index is 12.0. The molecule has 0 aromatic heterocycles. The van der Waals surface area contributed by atoms with Crippen molar-refractivity contribution in [3.63, 3.8) is 0 Å². The third kappa shape index (κ3) is 7.06. The van der Waals surface area contributed by atoms with E-state index in [1.165, 1.54) is 17.0 Å². The summed E-state index contributed by atoms with van der Waals surface area (Å²) in [4.78, 5) is 47.2. The molecule has 0 radical (unpaired) electrons. The number of carbonyl (C=O) groups excluding carboxylic acids is 3. The normalized spacial score (nSPS) is 10.0. The lowest BCUT2D eigenvalue weighted by atomic mass is 10.2. The molecular weight excluding hydrogens is 378 g/mol. The smallest absolute Gasteiger partial charge is 0.325 e. The fourth-order valence-electron chi connectivity index (χ4n) is 2.04. The number of nitrogens with one attached hydrogen (secondary N) is 1. The molecule has 2 amide bonds. The number of amides is 2. The number of hydrogen-bond donors (Lipinski definition) is 1. The first-order valence-electron chi connectivity index (χ1n) is 7.95. The summed E-state index contributed by atoms with van der Waals surface area (Å²) in [5, 5.41) is 13.0. The van der Waals surface area contributed by atoms with Gasteiger partial charge in [-0.2, -0.15) is 0 Å². The summed E-state index contributed by atoms with van der Waals surface area (Å²) in [5.74, 6) is -1.91. The van der Waals surface area contributed by atoms with Crippen LogP contribution in [-0.2, 0) is 14.3 Å². The van der Waals surface area contributed by atoms with Crippen molar-refractivity contribution in [3.05, 3.63) is 51.1 Å². The van der Waals surface area contributed by atoms with E-state index in [-0.39, 0.29) is 16.5 Å². The Kier molecular flexibility index (Phi) is 8.40. The average Bonchev–Trinajstić information content (AvgIpc) is 2.61. The number of nitro benzene ring substituents is 1. The zero-order valence-corrected chi connectivity index (χ0v) is 15.7. The van der Waals surface area contributed by atoms with E-state index in [4.69, 9.17) is 16.3 Å². The van der Waals surface area contributed by atoms with Gasteiger partial charge in [0.25, 0.3) is 17.5 Å². The number of nitro groups is 1. The molecule has 1 rings (SSSR count). The van der Waals surface area contributed by atoms with Gasteiger partial charge in [-0.25, -0.2) is 0 Å². The van der Waals surface area contributed by atoms with Crippen LogP contribution >= 0.6 is 11.6 Å². The molecule has 1 aromatic carbocycles. The van der Waals surface area contributed by atoms with E-state index in [1.807, 2.05) is 0 Å². The number of halogens is 1. The van der Waals surface area contributed by atoms with E-state index in [2.05, 4.69) is 11.9 Å². The molecule has 10 heteroatoms. The molecule has 0 atom stereocenters. The van der Waals surface area contributed by atoms with Crippen LogP contribution in [0.2, 0.25) is 5.02 Å². The highest BCUT2D eigenvalue weighted by atomic mass is 35.5. The molecule has 0 aliphatic heterocycles. The van der Waals surface area contributed by atoms with E-state index in [9.17, 15) is 24.5 Å². The summed E-state index contributed by atoms with van der Waals surface area (Å²) < 4.78 is 4.83. The van der Waals surface area contributed by atoms with Crippen molar-refractivity contribution in [1.82, 2.24) is 10.2 Å². The van der Waals surface area contributed by atoms with Gasteiger partial charge in [0.15, 0.2) is 6.61 Å². The molecule has 0 aliphatic rings. The van der Waals surface area contributed by atoms with E-state index in [0.29, 0.717) is 13.1 Å². The first-order chi connectivity index (χ1) is 12.6. The first-order valence-corrected chi connectivity index (χ1v) is 8.33. The van der Waals surface area contributed by atoms with Crippen molar-refractivity contribution >= 4 is 35.1 Å². The highest BCUT2D eigenvalue weighted by Gasteiger charge is 2.18. The third-order valence-corrected chi connectivity index (χ3v) is 3.67. The lowest BCUT2D eigenvalue weighted by Gasteiger charge is -2.20. The fourth-order valence-corrected chi connectivity index (χ4v) is 2.22. The number of esters is 1. The van der Waals surface area contributed by atoms with Crippen LogP contribution in [0, 0.1) is 10.1 Å². The van der Waals surface area contributed by atoms with Gasteiger partial charge in [-0.1, -0.05) is 23.8 Å². The molecule has 27 heavy (non-hydrogen) atoms. The van der Waals surface area contributed by atoms with Crippen molar-refractivity contribution in [1.29, 1.82) is 0 Å². The van der Waals surface area contributed by atoms with Crippen LogP contribution in [0.5, 0.6) is 0 Å². The molecule has 0 aliphatic carbocycles. The Hall–Kier alpha value is -2.94. The first kappa shape index (κ1) is 22.1. The van der Waals surface area contributed by atoms with Gasteiger partial charge < -0.3 is 15.0 Å². The lowest BCUT2D eigenvalue weighted by Crippen LogP contribution is -2.37. The summed E-state index contributed by atoms with van der Waals surface area (Å²) in [7, 11) is 0. The number of hydrogen-bond acceptors (Lipinski definition) is 6. The number of rotatable bonds is 9. The Balaban J connectivity index is 2.53. The fraction of sp³-hybridized carbons (Fsp3) is 0.353. The molecule has 146 valence electrons. The van der Waals surface area contributed by atoms with Gasteiger partial charge in [-0.3, -0.25) is 24.5 Å². The second-order valence-corrected chi connectivity index (χ2v) is 6.04. The standard InChI is InChI=1S/C17H20ClN3O6/c1-4-20(9-11(2)3)15(22)10-27-16(23)8-19-17(24)12-5-6-13(18)14(7-12)21(25)26/h5-7H,2,4,8-10H2,1,3H3,(H,19,24). The Morgan fingerprint density at radius 1 is 1.37 bits per heavy atom. The average molecular weight is 398 g/mol.